The lowest BCUT2D eigenvalue weighted by Gasteiger charge is -2.09. The van der Waals surface area contributed by atoms with E-state index in [1.54, 1.807) is 6.08 Å². The molecule has 0 spiro atoms. The molecule has 0 heterocycles. The molecule has 0 aromatic heterocycles. The molecule has 0 radical (unpaired) electrons. The average molecular weight is 298 g/mol. The second kappa shape index (κ2) is 8.35. The molecule has 0 aliphatic heterocycles. The number of unbranched alkanes of at least 4 members (excludes halogenated alkanes) is 1. The van der Waals surface area contributed by atoms with Crippen molar-refractivity contribution in [1.82, 2.24) is 0 Å². The number of aliphatic hydroxyl groups is 1. The van der Waals surface area contributed by atoms with Crippen molar-refractivity contribution in [2.24, 2.45) is 0 Å². The number of fused-ring (bicyclic) bond motifs is 1. The molecular weight excluding hydrogens is 276 g/mol. The fourth-order valence-electron chi connectivity index (χ4n) is 2.39. The SMILES string of the molecule is CCCCOC(=O)/C=C/c1c(CCO)ccc2ccccc12. The number of carbonyl (C=O) groups excluding carboxylic acids is 1. The van der Waals surface area contributed by atoms with Gasteiger partial charge in [-0.1, -0.05) is 49.7 Å². The smallest absolute Gasteiger partial charge is 0.330 e. The Kier molecular flexibility index (Phi) is 6.16. The Hall–Kier alpha value is -2.13. The van der Waals surface area contributed by atoms with Gasteiger partial charge in [-0.3, -0.25) is 0 Å². The predicted octanol–water partition coefficient (Wildman–Crippen LogP) is 3.73. The standard InChI is InChI=1S/C19H22O3/c1-2-3-14-22-19(21)11-10-18-16(12-13-20)9-8-15-6-4-5-7-17(15)18/h4-11,20H,2-3,12-14H2,1H3/b11-10+. The number of ether oxygens (including phenoxy) is 1. The molecule has 116 valence electrons. The van der Waals surface area contributed by atoms with E-state index in [0.29, 0.717) is 13.0 Å². The third-order valence-corrected chi connectivity index (χ3v) is 3.57. The molecule has 0 saturated heterocycles. The zero-order valence-corrected chi connectivity index (χ0v) is 12.9. The number of aliphatic hydroxyl groups excluding tert-OH is 1. The van der Waals surface area contributed by atoms with Crippen LogP contribution in [0.1, 0.15) is 30.9 Å². The van der Waals surface area contributed by atoms with E-state index in [1.807, 2.05) is 36.4 Å². The van der Waals surface area contributed by atoms with Crippen molar-refractivity contribution < 1.29 is 14.6 Å². The van der Waals surface area contributed by atoms with Crippen LogP contribution in [-0.2, 0) is 16.0 Å². The lowest BCUT2D eigenvalue weighted by atomic mass is 9.97. The molecule has 1 N–H and O–H groups in total. The quantitative estimate of drug-likeness (QED) is 0.481. The van der Waals surface area contributed by atoms with Crippen molar-refractivity contribution >= 4 is 22.8 Å². The van der Waals surface area contributed by atoms with Crippen LogP contribution in [0.15, 0.2) is 42.5 Å². The summed E-state index contributed by atoms with van der Waals surface area (Å²) in [5, 5.41) is 11.4. The Bertz CT molecular complexity index is 659. The predicted molar refractivity (Wildman–Crippen MR) is 89.6 cm³/mol. The topological polar surface area (TPSA) is 46.5 Å². The van der Waals surface area contributed by atoms with E-state index >= 15 is 0 Å². The molecule has 3 nitrogen and oxygen atoms in total. The maximum absolute atomic E-state index is 11.7. The van der Waals surface area contributed by atoms with Crippen molar-refractivity contribution in [1.29, 1.82) is 0 Å². The van der Waals surface area contributed by atoms with Crippen LogP contribution in [0.5, 0.6) is 0 Å². The van der Waals surface area contributed by atoms with Gasteiger partial charge in [-0.05, 0) is 40.8 Å². The first-order valence-electron chi connectivity index (χ1n) is 7.72. The Morgan fingerprint density at radius 3 is 2.82 bits per heavy atom. The summed E-state index contributed by atoms with van der Waals surface area (Å²) in [6, 6.07) is 12.1. The van der Waals surface area contributed by atoms with Crippen molar-refractivity contribution in [2.45, 2.75) is 26.2 Å². The summed E-state index contributed by atoms with van der Waals surface area (Å²) >= 11 is 0. The van der Waals surface area contributed by atoms with Gasteiger partial charge in [-0.25, -0.2) is 4.79 Å². The first-order valence-corrected chi connectivity index (χ1v) is 7.72. The first kappa shape index (κ1) is 16.2. The summed E-state index contributed by atoms with van der Waals surface area (Å²) in [5.41, 5.74) is 2.00. The Labute approximate surface area is 131 Å². The van der Waals surface area contributed by atoms with E-state index in [2.05, 4.69) is 6.92 Å². The normalized spacial score (nSPS) is 11.2. The van der Waals surface area contributed by atoms with Crippen LogP contribution in [0.2, 0.25) is 0 Å². The maximum atomic E-state index is 11.7. The Morgan fingerprint density at radius 1 is 1.23 bits per heavy atom. The molecule has 0 aliphatic rings. The molecule has 0 amide bonds. The highest BCUT2D eigenvalue weighted by molar-refractivity contribution is 5.95. The Balaban J connectivity index is 2.27. The summed E-state index contributed by atoms with van der Waals surface area (Å²) in [6.45, 7) is 2.60. The molecular formula is C19H22O3. The van der Waals surface area contributed by atoms with Crippen LogP contribution in [0, 0.1) is 0 Å². The van der Waals surface area contributed by atoms with E-state index in [-0.39, 0.29) is 12.6 Å². The minimum Gasteiger partial charge on any atom is -0.463 e. The molecule has 0 atom stereocenters. The van der Waals surface area contributed by atoms with Crippen LogP contribution in [-0.4, -0.2) is 24.3 Å². The fourth-order valence-corrected chi connectivity index (χ4v) is 2.39. The molecule has 0 bridgehead atoms. The summed E-state index contributed by atoms with van der Waals surface area (Å²) in [6.07, 6.45) is 5.71. The first-order chi connectivity index (χ1) is 10.8. The van der Waals surface area contributed by atoms with Gasteiger partial charge < -0.3 is 9.84 Å². The monoisotopic (exact) mass is 298 g/mol. The highest BCUT2D eigenvalue weighted by atomic mass is 16.5. The van der Waals surface area contributed by atoms with Crippen LogP contribution in [0.4, 0.5) is 0 Å². The van der Waals surface area contributed by atoms with Crippen molar-refractivity contribution in [3.05, 3.63) is 53.6 Å². The van der Waals surface area contributed by atoms with Crippen molar-refractivity contribution in [3.63, 3.8) is 0 Å². The van der Waals surface area contributed by atoms with Crippen LogP contribution in [0.3, 0.4) is 0 Å². The molecule has 0 fully saturated rings. The van der Waals surface area contributed by atoms with Gasteiger partial charge in [0.15, 0.2) is 0 Å². The second-order valence-corrected chi connectivity index (χ2v) is 5.19. The summed E-state index contributed by atoms with van der Waals surface area (Å²) in [5.74, 6) is -0.323. The molecule has 2 aromatic carbocycles. The largest absolute Gasteiger partial charge is 0.463 e. The molecule has 2 aromatic rings. The van der Waals surface area contributed by atoms with Gasteiger partial charge in [0.2, 0.25) is 0 Å². The molecule has 0 unspecified atom stereocenters. The van der Waals surface area contributed by atoms with E-state index in [0.717, 1.165) is 34.7 Å². The highest BCUT2D eigenvalue weighted by Crippen LogP contribution is 2.24. The maximum Gasteiger partial charge on any atom is 0.330 e. The number of rotatable bonds is 7. The molecule has 0 aliphatic carbocycles. The van der Waals surface area contributed by atoms with E-state index in [1.165, 1.54) is 6.08 Å². The van der Waals surface area contributed by atoms with Gasteiger partial charge in [0, 0.05) is 12.7 Å². The molecule has 2 rings (SSSR count). The zero-order valence-electron chi connectivity index (χ0n) is 12.9. The summed E-state index contributed by atoms with van der Waals surface area (Å²) in [7, 11) is 0. The molecule has 0 saturated carbocycles. The van der Waals surface area contributed by atoms with Crippen LogP contribution >= 0.6 is 0 Å². The van der Waals surface area contributed by atoms with Gasteiger partial charge in [0.25, 0.3) is 0 Å². The molecule has 3 heteroatoms. The van der Waals surface area contributed by atoms with Gasteiger partial charge in [-0.2, -0.15) is 0 Å². The van der Waals surface area contributed by atoms with Gasteiger partial charge in [0.1, 0.15) is 0 Å². The lowest BCUT2D eigenvalue weighted by Crippen LogP contribution is -2.02. The van der Waals surface area contributed by atoms with Gasteiger partial charge in [0.05, 0.1) is 6.61 Å². The third kappa shape index (κ3) is 4.18. The number of benzene rings is 2. The van der Waals surface area contributed by atoms with Gasteiger partial charge in [-0.15, -0.1) is 0 Å². The minimum absolute atomic E-state index is 0.0835. The van der Waals surface area contributed by atoms with E-state index < -0.39 is 0 Å². The number of hydrogen-bond donors (Lipinski definition) is 1. The second-order valence-electron chi connectivity index (χ2n) is 5.19. The van der Waals surface area contributed by atoms with E-state index in [9.17, 15) is 9.90 Å². The van der Waals surface area contributed by atoms with Crippen LogP contribution < -0.4 is 0 Å². The summed E-state index contributed by atoms with van der Waals surface area (Å²) in [4.78, 5) is 11.7. The number of hydrogen-bond acceptors (Lipinski definition) is 3. The lowest BCUT2D eigenvalue weighted by molar-refractivity contribution is -0.137. The van der Waals surface area contributed by atoms with E-state index in [4.69, 9.17) is 4.74 Å². The van der Waals surface area contributed by atoms with Crippen molar-refractivity contribution in [3.8, 4) is 0 Å². The average Bonchev–Trinajstić information content (AvgIpc) is 2.54. The number of esters is 1. The van der Waals surface area contributed by atoms with Gasteiger partial charge >= 0.3 is 5.97 Å². The molecule has 22 heavy (non-hydrogen) atoms. The number of carbonyl (C=O) groups is 1. The summed E-state index contributed by atoms with van der Waals surface area (Å²) < 4.78 is 5.14. The van der Waals surface area contributed by atoms with Crippen LogP contribution in [0.25, 0.3) is 16.8 Å². The zero-order chi connectivity index (χ0) is 15.8. The minimum atomic E-state index is -0.323. The fraction of sp³-hybridized carbons (Fsp3) is 0.316. The third-order valence-electron chi connectivity index (χ3n) is 3.57. The highest BCUT2D eigenvalue weighted by Gasteiger charge is 2.06. The Morgan fingerprint density at radius 2 is 2.05 bits per heavy atom. The van der Waals surface area contributed by atoms with Crippen molar-refractivity contribution in [2.75, 3.05) is 13.2 Å².